The van der Waals surface area contributed by atoms with E-state index in [0.717, 1.165) is 11.6 Å². The minimum atomic E-state index is -1.27. The van der Waals surface area contributed by atoms with Gasteiger partial charge in [-0.1, -0.05) is 17.7 Å². The molecule has 0 aliphatic heterocycles. The van der Waals surface area contributed by atoms with Crippen molar-refractivity contribution >= 4 is 29.3 Å². The molecule has 1 aromatic carbocycles. The third kappa shape index (κ3) is 3.68. The molecular weight excluding hydrogens is 289 g/mol. The number of halogens is 2. The van der Waals surface area contributed by atoms with E-state index in [1.807, 2.05) is 6.07 Å². The lowest BCUT2D eigenvalue weighted by molar-refractivity contribution is 0.0691. The van der Waals surface area contributed by atoms with Crippen LogP contribution in [0, 0.1) is 5.82 Å². The van der Waals surface area contributed by atoms with Crippen LogP contribution in [0.5, 0.6) is 0 Å². The Kier molecular flexibility index (Phi) is 4.39. The topological polar surface area (TPSA) is 50.2 Å². The first-order chi connectivity index (χ1) is 9.06. The van der Waals surface area contributed by atoms with E-state index in [4.69, 9.17) is 16.7 Å². The van der Waals surface area contributed by atoms with Crippen molar-refractivity contribution < 1.29 is 14.3 Å². The van der Waals surface area contributed by atoms with Gasteiger partial charge in [0.15, 0.2) is 0 Å². The molecule has 0 amide bonds. The van der Waals surface area contributed by atoms with Crippen LogP contribution in [0.1, 0.15) is 15.9 Å². The van der Waals surface area contributed by atoms with Gasteiger partial charge in [-0.25, -0.2) is 14.2 Å². The van der Waals surface area contributed by atoms with Crippen LogP contribution in [0.15, 0.2) is 41.4 Å². The van der Waals surface area contributed by atoms with Crippen molar-refractivity contribution in [3.05, 3.63) is 58.6 Å². The van der Waals surface area contributed by atoms with Crippen LogP contribution in [0.25, 0.3) is 0 Å². The number of rotatable bonds is 4. The Hall–Kier alpha value is -1.59. The molecule has 3 nitrogen and oxygen atoms in total. The highest BCUT2D eigenvalue weighted by Crippen LogP contribution is 2.25. The fourth-order valence-corrected chi connectivity index (χ4v) is 2.40. The number of nitrogens with zero attached hydrogens (tertiary/aromatic N) is 1. The fourth-order valence-electron chi connectivity index (χ4n) is 1.42. The third-order valence-electron chi connectivity index (χ3n) is 2.36. The monoisotopic (exact) mass is 297 g/mol. The van der Waals surface area contributed by atoms with E-state index in [0.29, 0.717) is 15.8 Å². The van der Waals surface area contributed by atoms with Crippen molar-refractivity contribution in [2.45, 2.75) is 10.6 Å². The maximum absolute atomic E-state index is 13.2. The minimum absolute atomic E-state index is 0.320. The number of aromatic nitrogens is 1. The summed E-state index contributed by atoms with van der Waals surface area (Å²) >= 11 is 7.08. The summed E-state index contributed by atoms with van der Waals surface area (Å²) in [4.78, 5) is 15.4. The van der Waals surface area contributed by atoms with Crippen LogP contribution < -0.4 is 0 Å². The first-order valence-corrected chi connectivity index (χ1v) is 6.68. The Morgan fingerprint density at radius 3 is 2.79 bits per heavy atom. The average molecular weight is 298 g/mol. The molecule has 1 N–H and O–H groups in total. The second-order valence-corrected chi connectivity index (χ2v) is 5.16. The zero-order chi connectivity index (χ0) is 13.8. The molecule has 0 spiro atoms. The molecular formula is C13H9ClFNO2S. The van der Waals surface area contributed by atoms with Crippen LogP contribution >= 0.6 is 23.4 Å². The normalized spacial score (nSPS) is 10.4. The van der Waals surface area contributed by atoms with Crippen molar-refractivity contribution in [3.63, 3.8) is 0 Å². The number of benzene rings is 1. The van der Waals surface area contributed by atoms with Gasteiger partial charge in [-0.15, -0.1) is 11.8 Å². The zero-order valence-corrected chi connectivity index (χ0v) is 11.2. The highest BCUT2D eigenvalue weighted by molar-refractivity contribution is 7.98. The molecule has 2 aromatic rings. The number of pyridine rings is 1. The smallest absolute Gasteiger partial charge is 0.338 e. The Balaban J connectivity index is 2.09. The molecule has 0 atom stereocenters. The number of hydrogen-bond acceptors (Lipinski definition) is 3. The van der Waals surface area contributed by atoms with E-state index < -0.39 is 11.8 Å². The summed E-state index contributed by atoms with van der Waals surface area (Å²) in [5, 5.41) is 9.25. The lowest BCUT2D eigenvalue weighted by Gasteiger charge is -2.04. The number of carboxylic acids is 1. The molecule has 1 heterocycles. The van der Waals surface area contributed by atoms with Crippen LogP contribution in [-0.4, -0.2) is 16.1 Å². The van der Waals surface area contributed by atoms with Crippen molar-refractivity contribution in [1.29, 1.82) is 0 Å². The van der Waals surface area contributed by atoms with E-state index in [1.54, 1.807) is 18.3 Å². The van der Waals surface area contributed by atoms with E-state index in [2.05, 4.69) is 4.98 Å². The summed E-state index contributed by atoms with van der Waals surface area (Å²) in [5.41, 5.74) is 0.634. The highest BCUT2D eigenvalue weighted by atomic mass is 35.5. The van der Waals surface area contributed by atoms with Crippen molar-refractivity contribution in [3.8, 4) is 0 Å². The maximum Gasteiger partial charge on any atom is 0.338 e. The average Bonchev–Trinajstić information content (AvgIpc) is 2.39. The van der Waals surface area contributed by atoms with Crippen LogP contribution in [0.2, 0.25) is 5.15 Å². The van der Waals surface area contributed by atoms with Crippen LogP contribution in [0.3, 0.4) is 0 Å². The molecule has 0 unspecified atom stereocenters. The number of carboxylic acid groups (broad SMARTS) is 1. The number of hydrogen-bond donors (Lipinski definition) is 1. The van der Waals surface area contributed by atoms with Crippen LogP contribution in [0.4, 0.5) is 4.39 Å². The lowest BCUT2D eigenvalue weighted by Crippen LogP contribution is -2.00. The summed E-state index contributed by atoms with van der Waals surface area (Å²) in [6.45, 7) is 0. The second kappa shape index (κ2) is 6.04. The lowest BCUT2D eigenvalue weighted by atomic mass is 10.2. The van der Waals surface area contributed by atoms with Gasteiger partial charge in [-0.05, 0) is 29.8 Å². The Morgan fingerprint density at radius 2 is 2.16 bits per heavy atom. The van der Waals surface area contributed by atoms with Gasteiger partial charge in [-0.3, -0.25) is 0 Å². The van der Waals surface area contributed by atoms with Gasteiger partial charge in [-0.2, -0.15) is 0 Å². The maximum atomic E-state index is 13.2. The number of thioether (sulfide) groups is 1. The van der Waals surface area contributed by atoms with Crippen molar-refractivity contribution in [1.82, 2.24) is 4.98 Å². The number of aromatic carboxylic acids is 1. The van der Waals surface area contributed by atoms with Gasteiger partial charge < -0.3 is 5.11 Å². The van der Waals surface area contributed by atoms with Crippen molar-refractivity contribution in [2.75, 3.05) is 0 Å². The molecule has 6 heteroatoms. The van der Waals surface area contributed by atoms with Gasteiger partial charge in [0.25, 0.3) is 0 Å². The second-order valence-electron chi connectivity index (χ2n) is 3.72. The summed E-state index contributed by atoms with van der Waals surface area (Å²) in [6, 6.07) is 7.56. The Morgan fingerprint density at radius 1 is 1.37 bits per heavy atom. The zero-order valence-electron chi connectivity index (χ0n) is 9.64. The first kappa shape index (κ1) is 13.8. The quantitative estimate of drug-likeness (QED) is 0.687. The summed E-state index contributed by atoms with van der Waals surface area (Å²) < 4.78 is 13.2. The summed E-state index contributed by atoms with van der Waals surface area (Å²) in [6.07, 6.45) is 1.65. The molecule has 0 saturated carbocycles. The predicted molar refractivity (Wildman–Crippen MR) is 72.2 cm³/mol. The van der Waals surface area contributed by atoms with Crippen LogP contribution in [-0.2, 0) is 5.75 Å². The largest absolute Gasteiger partial charge is 0.478 e. The molecule has 0 aliphatic carbocycles. The van der Waals surface area contributed by atoms with Crippen molar-refractivity contribution in [2.24, 2.45) is 0 Å². The first-order valence-electron chi connectivity index (χ1n) is 5.32. The Bertz CT molecular complexity index is 604. The minimum Gasteiger partial charge on any atom is -0.478 e. The Labute approximate surface area is 118 Å². The summed E-state index contributed by atoms with van der Waals surface area (Å²) in [7, 11) is 0. The standard InChI is InChI=1S/C13H9ClFNO2S/c14-12-4-1-8(6-16-12)7-19-9-2-3-11(15)10(5-9)13(17)18/h1-6H,7H2,(H,17,18). The highest BCUT2D eigenvalue weighted by Gasteiger charge is 2.11. The molecule has 0 radical (unpaired) electrons. The molecule has 19 heavy (non-hydrogen) atoms. The molecule has 98 valence electrons. The molecule has 0 aliphatic rings. The number of carbonyl (C=O) groups is 1. The van der Waals surface area contributed by atoms with Gasteiger partial charge in [0, 0.05) is 16.8 Å². The summed E-state index contributed by atoms with van der Waals surface area (Å²) in [5.74, 6) is -1.40. The van der Waals surface area contributed by atoms with Gasteiger partial charge in [0.1, 0.15) is 11.0 Å². The van der Waals surface area contributed by atoms with E-state index in [-0.39, 0.29) is 5.56 Å². The molecule has 2 rings (SSSR count). The third-order valence-corrected chi connectivity index (χ3v) is 3.65. The fraction of sp³-hybridized carbons (Fsp3) is 0.0769. The molecule has 1 aromatic heterocycles. The van der Waals surface area contributed by atoms with Gasteiger partial charge in [0.05, 0.1) is 5.56 Å². The van der Waals surface area contributed by atoms with E-state index >= 15 is 0 Å². The van der Waals surface area contributed by atoms with E-state index in [9.17, 15) is 9.18 Å². The SMILES string of the molecule is O=C(O)c1cc(SCc2ccc(Cl)nc2)ccc1F. The van der Waals surface area contributed by atoms with E-state index in [1.165, 1.54) is 17.8 Å². The van der Waals surface area contributed by atoms with Gasteiger partial charge >= 0.3 is 5.97 Å². The molecule has 0 saturated heterocycles. The molecule has 0 fully saturated rings. The van der Waals surface area contributed by atoms with Gasteiger partial charge in [0.2, 0.25) is 0 Å². The molecule has 0 bridgehead atoms. The predicted octanol–water partition coefficient (Wildman–Crippen LogP) is 3.86.